The molecule has 9 aromatic rings. The Balaban J connectivity index is 1.04. The van der Waals surface area contributed by atoms with Crippen LogP contribution < -0.4 is 11.5 Å². The maximum absolute atomic E-state index is 11.7. The van der Waals surface area contributed by atoms with Crippen LogP contribution in [0.15, 0.2) is 67.8 Å². The number of nitrogen functional groups attached to an aromatic ring is 2. The fraction of sp³-hybridized carbons (Fsp3) is 0.114. The molecule has 0 bridgehead atoms. The summed E-state index contributed by atoms with van der Waals surface area (Å²) in [6.07, 6.45) is 0. The summed E-state index contributed by atoms with van der Waals surface area (Å²) in [7, 11) is -4.47. The highest BCUT2D eigenvalue weighted by atomic mass is 32.2. The summed E-state index contributed by atoms with van der Waals surface area (Å²) in [5.41, 5.74) is 15.8. The van der Waals surface area contributed by atoms with Crippen LogP contribution >= 0.6 is 22.7 Å². The van der Waals surface area contributed by atoms with Crippen molar-refractivity contribution in [2.75, 3.05) is 11.5 Å². The number of nitrogens with zero attached hydrogens (tertiary/aromatic N) is 19. The first-order chi connectivity index (χ1) is 30.1. The number of hydrogen-bond donors (Lipinski definition) is 4. The molecule has 0 saturated heterocycles. The Morgan fingerprint density at radius 2 is 1.25 bits per heavy atom. The van der Waals surface area contributed by atoms with Gasteiger partial charge in [-0.05, 0) is 58.0 Å². The zero-order valence-electron chi connectivity index (χ0n) is 32.6. The third-order valence-corrected chi connectivity index (χ3v) is 12.0. The van der Waals surface area contributed by atoms with Gasteiger partial charge in [0.2, 0.25) is 10.3 Å². The molecule has 0 spiro atoms. The highest BCUT2D eigenvalue weighted by molar-refractivity contribution is 7.85. The Morgan fingerprint density at radius 3 is 1.84 bits per heavy atom. The van der Waals surface area contributed by atoms with Gasteiger partial charge < -0.3 is 16.6 Å². The van der Waals surface area contributed by atoms with Crippen LogP contribution in [0.2, 0.25) is 0 Å². The maximum Gasteiger partial charge on any atom is 0.320 e. The van der Waals surface area contributed by atoms with Gasteiger partial charge in [-0.2, -0.15) is 67.8 Å². The summed E-state index contributed by atoms with van der Waals surface area (Å²) >= 11 is 2.41. The van der Waals surface area contributed by atoms with Gasteiger partial charge in [0, 0.05) is 0 Å². The molecule has 0 amide bonds. The Hall–Kier alpha value is -8.44. The van der Waals surface area contributed by atoms with Gasteiger partial charge in [-0.3, -0.25) is 4.55 Å². The van der Waals surface area contributed by atoms with Gasteiger partial charge in [-0.25, -0.2) is 14.8 Å². The molecule has 0 aliphatic carbocycles. The number of para-hydroxylation sites is 1. The number of nitrogens with two attached hydrogens (primary N) is 2. The molecule has 6 N–H and O–H groups in total. The number of thiazole rings is 2. The predicted molar refractivity (Wildman–Crippen MR) is 226 cm³/mol. The molecular weight excluding hydrogens is 875 g/mol. The van der Waals surface area contributed by atoms with Crippen LogP contribution in [0.1, 0.15) is 28.3 Å². The monoisotopic (exact) mass is 899 g/mol. The van der Waals surface area contributed by atoms with Crippen molar-refractivity contribution in [3.63, 3.8) is 0 Å². The zero-order chi connectivity index (χ0) is 44.5. The lowest BCUT2D eigenvalue weighted by molar-refractivity contribution is 0.423. The SMILES string of the molecule is [C-]#[N+]c1c(C)nn(-c2nc3ccc(S(=O)(=O)O)cc3s2)c1N=Nc1c(C)nn(-c2nc(O)nc(-n3nc(C)c(N=Nc4c(C#N)c(C)nn4-c4nc5ccccc5s4)c3N)n2)c1N. The second-order valence-corrected chi connectivity index (χ2v) is 16.7. The summed E-state index contributed by atoms with van der Waals surface area (Å²) in [6.45, 7) is 14.3. The normalized spacial score (nSPS) is 12.0. The van der Waals surface area contributed by atoms with Gasteiger partial charge in [0.15, 0.2) is 34.6 Å². The number of hydrogen-bond acceptors (Lipinski definition) is 21. The van der Waals surface area contributed by atoms with Crippen molar-refractivity contribution in [2.24, 2.45) is 20.5 Å². The van der Waals surface area contributed by atoms with Crippen LogP contribution in [-0.2, 0) is 10.1 Å². The molecule has 28 heteroatoms. The molecule has 0 fully saturated rings. The number of aromatic hydroxyl groups is 1. The summed E-state index contributed by atoms with van der Waals surface area (Å²) in [6, 6.07) is 12.8. The smallest absolute Gasteiger partial charge is 0.320 e. The van der Waals surface area contributed by atoms with Crippen molar-refractivity contribution in [3.8, 4) is 34.2 Å². The van der Waals surface area contributed by atoms with E-state index < -0.39 is 16.1 Å². The van der Waals surface area contributed by atoms with E-state index in [-0.39, 0.29) is 79.2 Å². The molecule has 0 atom stereocenters. The second kappa shape index (κ2) is 14.9. The van der Waals surface area contributed by atoms with Gasteiger partial charge >= 0.3 is 6.01 Å². The lowest BCUT2D eigenvalue weighted by atomic mass is 10.3. The molecule has 0 unspecified atom stereocenters. The minimum atomic E-state index is -4.47. The Morgan fingerprint density at radius 1 is 0.714 bits per heavy atom. The van der Waals surface area contributed by atoms with E-state index in [1.807, 2.05) is 24.3 Å². The number of benzene rings is 2. The molecule has 7 heterocycles. The third kappa shape index (κ3) is 6.91. The van der Waals surface area contributed by atoms with Crippen LogP contribution in [0, 0.1) is 45.6 Å². The van der Waals surface area contributed by atoms with E-state index in [0.29, 0.717) is 26.7 Å². The van der Waals surface area contributed by atoms with Crippen LogP contribution in [0.4, 0.5) is 40.3 Å². The average Bonchev–Trinajstić information content (AvgIpc) is 4.09. The van der Waals surface area contributed by atoms with Crippen molar-refractivity contribution < 1.29 is 18.1 Å². The van der Waals surface area contributed by atoms with Gasteiger partial charge in [0.05, 0.1) is 54.7 Å². The molecule has 7 aromatic heterocycles. The average molecular weight is 900 g/mol. The van der Waals surface area contributed by atoms with E-state index in [9.17, 15) is 23.3 Å². The first-order valence-corrected chi connectivity index (χ1v) is 20.9. The Bertz CT molecular complexity index is 3600. The molecule has 25 nitrogen and oxygen atoms in total. The summed E-state index contributed by atoms with van der Waals surface area (Å²) in [5.74, 6) is -0.597. The highest BCUT2D eigenvalue weighted by Crippen LogP contribution is 2.40. The van der Waals surface area contributed by atoms with Crippen molar-refractivity contribution in [2.45, 2.75) is 32.6 Å². The summed E-state index contributed by atoms with van der Waals surface area (Å²) in [4.78, 5) is 24.8. The van der Waals surface area contributed by atoms with E-state index in [2.05, 4.69) is 76.7 Å². The molecular formula is C35H25N21O4S3. The molecule has 0 aliphatic rings. The third-order valence-electron chi connectivity index (χ3n) is 9.15. The number of aromatic nitrogens is 13. The fourth-order valence-corrected chi connectivity index (χ4v) is 8.64. The van der Waals surface area contributed by atoms with Crippen LogP contribution in [0.25, 0.3) is 47.4 Å². The number of anilines is 2. The Kier molecular flexibility index (Phi) is 9.48. The number of fused-ring (bicyclic) bond motifs is 2. The van der Waals surface area contributed by atoms with Gasteiger partial charge in [0.25, 0.3) is 27.7 Å². The maximum atomic E-state index is 11.7. The molecule has 0 aliphatic heterocycles. The fourth-order valence-electron chi connectivity index (χ4n) is 6.18. The number of nitriles is 1. The molecule has 312 valence electrons. The van der Waals surface area contributed by atoms with E-state index in [0.717, 1.165) is 30.9 Å². The first kappa shape index (κ1) is 40.0. The Labute approximate surface area is 360 Å². The first-order valence-electron chi connectivity index (χ1n) is 17.8. The standard InChI is InChI=1S/C35H25N21O4S3/c1-14-19(13-36)29(55(49-14)34-40-20-8-6-7-9-22(20)61-34)47-45-24-15(2)50-53(27(24)37)31-42-32(44-33(57)43-31)54-28(38)25(16(3)51-54)46-48-30-26(39-5)17(4)52-56(30)35-41-21-11-10-18(63(58,59)60)12-23(21)62-35/h6-12H,37-38H2,1-4H3,(H,58,59,60)(H,42,43,44,57). The minimum Gasteiger partial charge on any atom is -0.479 e. The van der Waals surface area contributed by atoms with Gasteiger partial charge in [0.1, 0.15) is 11.6 Å². The predicted octanol–water partition coefficient (Wildman–Crippen LogP) is 6.44. The van der Waals surface area contributed by atoms with E-state index >= 15 is 0 Å². The summed E-state index contributed by atoms with van der Waals surface area (Å²) < 4.78 is 39.2. The molecule has 0 saturated carbocycles. The quantitative estimate of drug-likeness (QED) is 0.0688. The van der Waals surface area contributed by atoms with Crippen molar-refractivity contribution >= 4 is 93.6 Å². The van der Waals surface area contributed by atoms with Crippen molar-refractivity contribution in [1.29, 1.82) is 5.26 Å². The van der Waals surface area contributed by atoms with E-state index in [1.165, 1.54) is 38.9 Å². The number of azo groups is 2. The van der Waals surface area contributed by atoms with Crippen molar-refractivity contribution in [3.05, 3.63) is 82.2 Å². The lowest BCUT2D eigenvalue weighted by Crippen LogP contribution is -2.13. The van der Waals surface area contributed by atoms with E-state index in [4.69, 9.17) is 18.0 Å². The molecule has 9 rings (SSSR count). The number of aryl methyl sites for hydroxylation is 4. The molecule has 2 aromatic carbocycles. The van der Waals surface area contributed by atoms with Crippen LogP contribution in [0.3, 0.4) is 0 Å². The van der Waals surface area contributed by atoms with Crippen molar-refractivity contribution in [1.82, 2.24) is 64.0 Å². The van der Waals surface area contributed by atoms with Crippen LogP contribution in [-0.4, -0.2) is 82.1 Å². The largest absolute Gasteiger partial charge is 0.479 e. The lowest BCUT2D eigenvalue weighted by Gasteiger charge is -2.06. The summed E-state index contributed by atoms with van der Waals surface area (Å²) in [5, 5.41) is 56.5. The highest BCUT2D eigenvalue weighted by Gasteiger charge is 2.25. The van der Waals surface area contributed by atoms with Gasteiger partial charge in [-0.1, -0.05) is 34.8 Å². The van der Waals surface area contributed by atoms with Crippen LogP contribution in [0.5, 0.6) is 6.01 Å². The topological polar surface area (TPSA) is 340 Å². The van der Waals surface area contributed by atoms with E-state index in [1.54, 1.807) is 27.7 Å². The molecule has 63 heavy (non-hydrogen) atoms. The van der Waals surface area contributed by atoms with Gasteiger partial charge in [-0.15, -0.1) is 20.5 Å². The second-order valence-electron chi connectivity index (χ2n) is 13.3. The molecule has 0 radical (unpaired) electrons. The minimum absolute atomic E-state index is 0.0131. The zero-order valence-corrected chi connectivity index (χ0v) is 35.1. The number of rotatable bonds is 9.